The molecule has 0 aromatic heterocycles. The molecule has 0 heterocycles. The van der Waals surface area contributed by atoms with Gasteiger partial charge in [-0.15, -0.1) is 0 Å². The third-order valence-corrected chi connectivity index (χ3v) is 3.38. The molecule has 0 amide bonds. The highest BCUT2D eigenvalue weighted by molar-refractivity contribution is 9.10. The lowest BCUT2D eigenvalue weighted by Crippen LogP contribution is -2.02. The van der Waals surface area contributed by atoms with Crippen LogP contribution < -0.4 is 11.1 Å². The zero-order valence-corrected chi connectivity index (χ0v) is 11.3. The van der Waals surface area contributed by atoms with E-state index >= 15 is 0 Å². The van der Waals surface area contributed by atoms with E-state index in [1.54, 1.807) is 0 Å². The standard InChI is InChI=1S/C14H15BrN2/c1-10-4-2-3-5-11(10)9-17-14-7-6-12(16)8-13(14)15/h2-8,17H,9,16H2,1H3. The molecule has 0 unspecified atom stereocenters. The normalized spacial score (nSPS) is 10.2. The van der Waals surface area contributed by atoms with Gasteiger partial charge < -0.3 is 11.1 Å². The molecule has 0 atom stereocenters. The molecule has 0 saturated heterocycles. The van der Waals surface area contributed by atoms with Crippen LogP contribution in [0.1, 0.15) is 11.1 Å². The third kappa shape index (κ3) is 3.01. The SMILES string of the molecule is Cc1ccccc1CNc1ccc(N)cc1Br. The van der Waals surface area contributed by atoms with Gasteiger partial charge in [0, 0.05) is 22.4 Å². The molecule has 88 valence electrons. The van der Waals surface area contributed by atoms with E-state index in [0.29, 0.717) is 0 Å². The summed E-state index contributed by atoms with van der Waals surface area (Å²) in [6, 6.07) is 14.1. The number of aryl methyl sites for hydroxylation is 1. The van der Waals surface area contributed by atoms with Crippen molar-refractivity contribution in [3.63, 3.8) is 0 Å². The summed E-state index contributed by atoms with van der Waals surface area (Å²) in [7, 11) is 0. The fourth-order valence-electron chi connectivity index (χ4n) is 1.67. The second-order valence-corrected chi connectivity index (χ2v) is 4.87. The summed E-state index contributed by atoms with van der Waals surface area (Å²) < 4.78 is 0.992. The predicted molar refractivity (Wildman–Crippen MR) is 77.1 cm³/mol. The van der Waals surface area contributed by atoms with Crippen LogP contribution in [0.25, 0.3) is 0 Å². The first-order valence-corrected chi connectivity index (χ1v) is 6.29. The van der Waals surface area contributed by atoms with Crippen LogP contribution in [0.3, 0.4) is 0 Å². The number of hydrogen-bond donors (Lipinski definition) is 2. The molecule has 0 aliphatic rings. The Morgan fingerprint density at radius 1 is 1.18 bits per heavy atom. The number of hydrogen-bond acceptors (Lipinski definition) is 2. The molecule has 2 aromatic carbocycles. The Morgan fingerprint density at radius 3 is 2.65 bits per heavy atom. The zero-order chi connectivity index (χ0) is 12.3. The highest BCUT2D eigenvalue weighted by atomic mass is 79.9. The Labute approximate surface area is 110 Å². The molecule has 17 heavy (non-hydrogen) atoms. The summed E-state index contributed by atoms with van der Waals surface area (Å²) in [5, 5.41) is 3.39. The summed E-state index contributed by atoms with van der Waals surface area (Å²) in [5.74, 6) is 0. The highest BCUT2D eigenvalue weighted by Crippen LogP contribution is 2.25. The highest BCUT2D eigenvalue weighted by Gasteiger charge is 2.01. The Morgan fingerprint density at radius 2 is 1.94 bits per heavy atom. The molecule has 0 aliphatic carbocycles. The number of nitrogens with two attached hydrogens (primary N) is 1. The van der Waals surface area contributed by atoms with Crippen molar-refractivity contribution < 1.29 is 0 Å². The Hall–Kier alpha value is -1.48. The number of rotatable bonds is 3. The van der Waals surface area contributed by atoms with Crippen molar-refractivity contribution in [1.29, 1.82) is 0 Å². The number of halogens is 1. The van der Waals surface area contributed by atoms with Gasteiger partial charge in [0.1, 0.15) is 0 Å². The van der Waals surface area contributed by atoms with Crippen LogP contribution in [0.4, 0.5) is 11.4 Å². The summed E-state index contributed by atoms with van der Waals surface area (Å²) in [5.41, 5.74) is 10.1. The Balaban J connectivity index is 2.10. The van der Waals surface area contributed by atoms with E-state index < -0.39 is 0 Å². The Kier molecular flexibility index (Phi) is 3.69. The van der Waals surface area contributed by atoms with Gasteiger partial charge in [-0.1, -0.05) is 24.3 Å². The maximum Gasteiger partial charge on any atom is 0.0488 e. The second-order valence-electron chi connectivity index (χ2n) is 4.02. The molecule has 2 rings (SSSR count). The molecule has 2 nitrogen and oxygen atoms in total. The molecule has 0 fully saturated rings. The first kappa shape index (κ1) is 12.0. The Bertz CT molecular complexity index is 523. The summed E-state index contributed by atoms with van der Waals surface area (Å²) in [4.78, 5) is 0. The van der Waals surface area contributed by atoms with Crippen LogP contribution in [0, 0.1) is 6.92 Å². The maximum absolute atomic E-state index is 5.70. The smallest absolute Gasteiger partial charge is 0.0488 e. The monoisotopic (exact) mass is 290 g/mol. The molecule has 3 heteroatoms. The van der Waals surface area contributed by atoms with Crippen molar-refractivity contribution in [2.75, 3.05) is 11.1 Å². The van der Waals surface area contributed by atoms with Crippen molar-refractivity contribution in [1.82, 2.24) is 0 Å². The predicted octanol–water partition coefficient (Wildman–Crippen LogP) is 3.95. The fraction of sp³-hybridized carbons (Fsp3) is 0.143. The quantitative estimate of drug-likeness (QED) is 0.840. The fourth-order valence-corrected chi connectivity index (χ4v) is 2.21. The van der Waals surface area contributed by atoms with Gasteiger partial charge in [-0.2, -0.15) is 0 Å². The van der Waals surface area contributed by atoms with Gasteiger partial charge in [-0.25, -0.2) is 0 Å². The van der Waals surface area contributed by atoms with Crippen molar-refractivity contribution in [2.24, 2.45) is 0 Å². The average molecular weight is 291 g/mol. The van der Waals surface area contributed by atoms with Crippen LogP contribution in [0.15, 0.2) is 46.9 Å². The lowest BCUT2D eigenvalue weighted by atomic mass is 10.1. The maximum atomic E-state index is 5.70. The number of anilines is 2. The largest absolute Gasteiger partial charge is 0.399 e. The van der Waals surface area contributed by atoms with E-state index in [-0.39, 0.29) is 0 Å². The molecule has 0 saturated carbocycles. The van der Waals surface area contributed by atoms with Gasteiger partial charge in [0.25, 0.3) is 0 Å². The van der Waals surface area contributed by atoms with Crippen LogP contribution >= 0.6 is 15.9 Å². The van der Waals surface area contributed by atoms with Gasteiger partial charge in [0.2, 0.25) is 0 Å². The van der Waals surface area contributed by atoms with Crippen molar-refractivity contribution in [3.8, 4) is 0 Å². The molecule has 0 aliphatic heterocycles. The minimum absolute atomic E-state index is 0.762. The van der Waals surface area contributed by atoms with Crippen molar-refractivity contribution in [2.45, 2.75) is 13.5 Å². The summed E-state index contributed by atoms with van der Waals surface area (Å²) >= 11 is 3.50. The minimum Gasteiger partial charge on any atom is -0.399 e. The molecular weight excluding hydrogens is 276 g/mol. The zero-order valence-electron chi connectivity index (χ0n) is 9.70. The van der Waals surface area contributed by atoms with Crippen LogP contribution in [-0.4, -0.2) is 0 Å². The van der Waals surface area contributed by atoms with Gasteiger partial charge in [-0.05, 0) is 52.2 Å². The van der Waals surface area contributed by atoms with Crippen LogP contribution in [0.2, 0.25) is 0 Å². The topological polar surface area (TPSA) is 38.0 Å². The molecule has 0 bridgehead atoms. The number of nitrogen functional groups attached to an aromatic ring is 1. The molecule has 0 radical (unpaired) electrons. The first-order valence-electron chi connectivity index (χ1n) is 5.50. The molecular formula is C14H15BrN2. The molecule has 0 spiro atoms. The number of nitrogens with one attached hydrogen (secondary N) is 1. The molecule has 2 aromatic rings. The van der Waals surface area contributed by atoms with Crippen LogP contribution in [0.5, 0.6) is 0 Å². The minimum atomic E-state index is 0.762. The van der Waals surface area contributed by atoms with Crippen molar-refractivity contribution in [3.05, 3.63) is 58.1 Å². The lowest BCUT2D eigenvalue weighted by Gasteiger charge is -2.10. The third-order valence-electron chi connectivity index (χ3n) is 2.72. The van der Waals surface area contributed by atoms with E-state index in [1.165, 1.54) is 11.1 Å². The van der Waals surface area contributed by atoms with E-state index in [2.05, 4.69) is 52.4 Å². The van der Waals surface area contributed by atoms with E-state index in [9.17, 15) is 0 Å². The number of benzene rings is 2. The van der Waals surface area contributed by atoms with E-state index in [0.717, 1.165) is 22.4 Å². The van der Waals surface area contributed by atoms with Crippen LogP contribution in [-0.2, 0) is 6.54 Å². The summed E-state index contributed by atoms with van der Waals surface area (Å²) in [6.07, 6.45) is 0. The van der Waals surface area contributed by atoms with E-state index in [1.807, 2.05) is 18.2 Å². The van der Waals surface area contributed by atoms with Gasteiger partial charge >= 0.3 is 0 Å². The van der Waals surface area contributed by atoms with E-state index in [4.69, 9.17) is 5.73 Å². The van der Waals surface area contributed by atoms with Crippen molar-refractivity contribution >= 4 is 27.3 Å². The van der Waals surface area contributed by atoms with Gasteiger partial charge in [-0.3, -0.25) is 0 Å². The first-order chi connectivity index (χ1) is 8.16. The molecule has 3 N–H and O–H groups in total. The van der Waals surface area contributed by atoms with Gasteiger partial charge in [0.15, 0.2) is 0 Å². The lowest BCUT2D eigenvalue weighted by molar-refractivity contribution is 1.12. The summed E-state index contributed by atoms with van der Waals surface area (Å²) in [6.45, 7) is 2.93. The van der Waals surface area contributed by atoms with Gasteiger partial charge in [0.05, 0.1) is 0 Å². The second kappa shape index (κ2) is 5.23. The average Bonchev–Trinajstić information content (AvgIpc) is 2.30.